The lowest BCUT2D eigenvalue weighted by molar-refractivity contribution is 0.0558. The number of carbonyl (C=O) groups is 2. The smallest absolute Gasteiger partial charge is 0.374 e. The van der Waals surface area contributed by atoms with E-state index in [1.165, 1.54) is 18.5 Å². The van der Waals surface area contributed by atoms with E-state index in [-0.39, 0.29) is 10.6 Å². The largest absolute Gasteiger partial charge is 0.463 e. The third-order valence-corrected chi connectivity index (χ3v) is 6.14. The molecule has 3 aromatic heterocycles. The average Bonchev–Trinajstić information content (AvgIpc) is 3.45. The van der Waals surface area contributed by atoms with Gasteiger partial charge in [0.15, 0.2) is 5.78 Å². The molecule has 0 spiro atoms. The molecule has 3 heterocycles. The van der Waals surface area contributed by atoms with Crippen molar-refractivity contribution < 1.29 is 36.0 Å². The van der Waals surface area contributed by atoms with Gasteiger partial charge >= 0.3 is 16.0 Å². The number of esters is 1. The molecule has 0 radical (unpaired) electrons. The lowest BCUT2D eigenvalue weighted by atomic mass is 10.0. The molecular formula is C20H12ClF2N3O6S. The van der Waals surface area contributed by atoms with E-state index in [9.17, 15) is 26.9 Å². The Morgan fingerprint density at radius 2 is 1.94 bits per heavy atom. The minimum Gasteiger partial charge on any atom is -0.463 e. The maximum atomic E-state index is 14.9. The molecule has 33 heavy (non-hydrogen) atoms. The molecule has 9 nitrogen and oxygen atoms in total. The first-order valence-corrected chi connectivity index (χ1v) is 10.8. The van der Waals surface area contributed by atoms with Gasteiger partial charge in [-0.25, -0.2) is 14.2 Å². The number of carbonyl (C=O) groups excluding carboxylic acids is 2. The van der Waals surface area contributed by atoms with E-state index >= 15 is 0 Å². The molecule has 0 bridgehead atoms. The van der Waals surface area contributed by atoms with Crippen molar-refractivity contribution in [1.29, 1.82) is 0 Å². The second-order valence-corrected chi connectivity index (χ2v) is 8.68. The van der Waals surface area contributed by atoms with Crippen molar-refractivity contribution in [3.8, 4) is 0 Å². The monoisotopic (exact) mass is 495 g/mol. The number of pyridine rings is 1. The number of H-pyrrole nitrogens is 1. The van der Waals surface area contributed by atoms with E-state index in [1.54, 1.807) is 0 Å². The van der Waals surface area contributed by atoms with Crippen molar-refractivity contribution in [2.75, 3.05) is 11.6 Å². The highest BCUT2D eigenvalue weighted by Crippen LogP contribution is 2.30. The first-order valence-electron chi connectivity index (χ1n) is 8.99. The molecule has 0 aliphatic heterocycles. The lowest BCUT2D eigenvalue weighted by Gasteiger charge is -2.13. The number of hydrogen-bond donors (Lipinski definition) is 1. The van der Waals surface area contributed by atoms with Gasteiger partial charge in [-0.05, 0) is 36.4 Å². The minimum atomic E-state index is -4.94. The quantitative estimate of drug-likeness (QED) is 0.243. The number of nitrogens with zero attached hydrogens (tertiary/aromatic N) is 2. The van der Waals surface area contributed by atoms with Crippen LogP contribution in [0.4, 0.5) is 14.6 Å². The number of aromatic amines is 1. The van der Waals surface area contributed by atoms with Crippen LogP contribution in [0.3, 0.4) is 0 Å². The third-order valence-electron chi connectivity index (χ3n) is 4.57. The Labute approximate surface area is 189 Å². The molecule has 1 aromatic carbocycles. The number of hydrogen-bond acceptors (Lipinski definition) is 7. The van der Waals surface area contributed by atoms with Gasteiger partial charge in [0.2, 0.25) is 10.9 Å². The number of anilines is 1. The zero-order valence-electron chi connectivity index (χ0n) is 16.5. The van der Waals surface area contributed by atoms with Gasteiger partial charge < -0.3 is 14.1 Å². The van der Waals surface area contributed by atoms with Crippen LogP contribution >= 0.6 is 11.6 Å². The Morgan fingerprint density at radius 3 is 2.67 bits per heavy atom. The Morgan fingerprint density at radius 1 is 1.18 bits per heavy atom. The van der Waals surface area contributed by atoms with Crippen molar-refractivity contribution in [3.63, 3.8) is 0 Å². The predicted octanol–water partition coefficient (Wildman–Crippen LogP) is 4.05. The van der Waals surface area contributed by atoms with Gasteiger partial charge in [0.25, 0.3) is 0 Å². The molecule has 170 valence electrons. The molecule has 0 saturated heterocycles. The van der Waals surface area contributed by atoms with Gasteiger partial charge in [0.05, 0.1) is 23.4 Å². The van der Waals surface area contributed by atoms with E-state index in [0.717, 1.165) is 37.4 Å². The first-order chi connectivity index (χ1) is 15.6. The fraction of sp³-hybridized carbons (Fsp3) is 0.0500. The number of sulfonamides is 1. The van der Waals surface area contributed by atoms with Gasteiger partial charge in [0, 0.05) is 23.3 Å². The van der Waals surface area contributed by atoms with Crippen LogP contribution in [0.2, 0.25) is 5.02 Å². The Bertz CT molecular complexity index is 1520. The summed E-state index contributed by atoms with van der Waals surface area (Å²) in [6.45, 7) is 0. The molecule has 0 aliphatic carbocycles. The number of nitrogens with one attached hydrogen (secondary N) is 1. The number of ether oxygens (including phenoxy) is 1. The van der Waals surface area contributed by atoms with Crippen LogP contribution in [0.5, 0.6) is 0 Å². The van der Waals surface area contributed by atoms with Gasteiger partial charge in [-0.3, -0.25) is 4.79 Å². The number of aromatic nitrogens is 2. The summed E-state index contributed by atoms with van der Waals surface area (Å²) < 4.78 is 63.1. The molecule has 0 saturated carbocycles. The van der Waals surface area contributed by atoms with Gasteiger partial charge in [-0.15, -0.1) is 0 Å². The predicted molar refractivity (Wildman–Crippen MR) is 112 cm³/mol. The van der Waals surface area contributed by atoms with E-state index in [4.69, 9.17) is 16.0 Å². The fourth-order valence-corrected chi connectivity index (χ4v) is 4.14. The Balaban J connectivity index is 1.72. The van der Waals surface area contributed by atoms with Gasteiger partial charge in [0.1, 0.15) is 11.5 Å². The maximum absolute atomic E-state index is 14.9. The van der Waals surface area contributed by atoms with Crippen LogP contribution < -0.4 is 4.53 Å². The van der Waals surface area contributed by atoms with E-state index in [2.05, 4.69) is 14.7 Å². The zero-order chi connectivity index (χ0) is 23.9. The molecule has 0 amide bonds. The maximum Gasteiger partial charge on any atom is 0.374 e. The summed E-state index contributed by atoms with van der Waals surface area (Å²) in [4.78, 5) is 31.2. The van der Waals surface area contributed by atoms with Crippen LogP contribution in [0.1, 0.15) is 26.5 Å². The van der Waals surface area contributed by atoms with E-state index in [0.29, 0.717) is 11.0 Å². The number of methoxy groups -OCH3 is 1. The van der Waals surface area contributed by atoms with Crippen LogP contribution in [-0.4, -0.2) is 37.2 Å². The van der Waals surface area contributed by atoms with E-state index < -0.39 is 54.2 Å². The highest BCUT2D eigenvalue weighted by atomic mass is 35.5. The SMILES string of the molecule is COC(=O)c1ccc(S(=O)(=O)N(F)c2ccc(F)c(C(=O)c3c[nH]c4ncc(Cl)cc34)c2)o1. The Hall–Kier alpha value is -3.77. The molecule has 4 aromatic rings. The van der Waals surface area contributed by atoms with Gasteiger partial charge in [-0.2, -0.15) is 8.42 Å². The van der Waals surface area contributed by atoms with Crippen molar-refractivity contribution in [3.05, 3.63) is 76.5 Å². The molecule has 4 rings (SSSR count). The molecule has 0 atom stereocenters. The van der Waals surface area contributed by atoms with Crippen LogP contribution in [0.15, 0.2) is 58.3 Å². The molecule has 0 aliphatic rings. The second kappa shape index (κ2) is 8.30. The highest BCUT2D eigenvalue weighted by molar-refractivity contribution is 7.92. The number of halogens is 3. The highest BCUT2D eigenvalue weighted by Gasteiger charge is 2.31. The Kier molecular flexibility index (Phi) is 5.64. The summed E-state index contributed by atoms with van der Waals surface area (Å²) in [5.74, 6) is -3.30. The van der Waals surface area contributed by atoms with Crippen molar-refractivity contribution >= 4 is 50.1 Å². The summed E-state index contributed by atoms with van der Waals surface area (Å²) in [5, 5.41) is -0.371. The minimum absolute atomic E-state index is 0.00179. The number of rotatable bonds is 6. The summed E-state index contributed by atoms with van der Waals surface area (Å²) >= 11 is 5.91. The van der Waals surface area contributed by atoms with Gasteiger partial charge in [-0.1, -0.05) is 20.6 Å². The summed E-state index contributed by atoms with van der Waals surface area (Å²) in [7, 11) is -3.89. The standard InChI is InChI=1S/C20H12ClF2N3O6S/c1-31-20(28)16-4-5-17(32-16)33(29,30)26(23)11-2-3-15(22)13(7-11)18(27)14-9-25-19-12(14)6-10(21)8-24-19/h2-9H,1H3,(H,24,25). The fourth-order valence-electron chi connectivity index (χ4n) is 2.99. The van der Waals surface area contributed by atoms with Crippen molar-refractivity contribution in [1.82, 2.24) is 9.97 Å². The van der Waals surface area contributed by atoms with Crippen molar-refractivity contribution in [2.45, 2.75) is 5.09 Å². The zero-order valence-corrected chi connectivity index (χ0v) is 18.1. The summed E-state index contributed by atoms with van der Waals surface area (Å²) in [6.07, 6.45) is 2.63. The first kappa shape index (κ1) is 22.4. The van der Waals surface area contributed by atoms with E-state index in [1.807, 2.05) is 0 Å². The normalized spacial score (nSPS) is 11.5. The molecule has 1 N–H and O–H groups in total. The average molecular weight is 496 g/mol. The third kappa shape index (κ3) is 3.94. The van der Waals surface area contributed by atoms with Crippen LogP contribution in [0, 0.1) is 5.82 Å². The molecule has 13 heteroatoms. The molecule has 0 unspecified atom stereocenters. The number of ketones is 1. The number of fused-ring (bicyclic) bond motifs is 1. The summed E-state index contributed by atoms with van der Waals surface area (Å²) in [5.41, 5.74) is -0.959. The number of furan rings is 1. The summed E-state index contributed by atoms with van der Waals surface area (Å²) in [6, 6.07) is 5.58. The topological polar surface area (TPSA) is 123 Å². The van der Waals surface area contributed by atoms with Crippen LogP contribution in [-0.2, 0) is 14.8 Å². The molecular weight excluding hydrogens is 484 g/mol. The lowest BCUT2D eigenvalue weighted by Crippen LogP contribution is -2.22. The van der Waals surface area contributed by atoms with Crippen molar-refractivity contribution in [2.24, 2.45) is 0 Å². The molecule has 0 fully saturated rings. The van der Waals surface area contributed by atoms with Crippen LogP contribution in [0.25, 0.3) is 11.0 Å². The number of benzene rings is 1. The second-order valence-electron chi connectivity index (χ2n) is 6.58.